The van der Waals surface area contributed by atoms with Gasteiger partial charge in [0.2, 0.25) is 5.69 Å². The van der Waals surface area contributed by atoms with E-state index in [1.54, 1.807) is 0 Å². The van der Waals surface area contributed by atoms with E-state index in [2.05, 4.69) is 98.4 Å². The molecule has 0 unspecified atom stereocenters. The Morgan fingerprint density at radius 3 is 2.32 bits per heavy atom. The summed E-state index contributed by atoms with van der Waals surface area (Å²) < 4.78 is 2.29. The highest BCUT2D eigenvalue weighted by Gasteiger charge is 2.21. The number of aromatic nitrogens is 1. The number of benzene rings is 3. The molecule has 0 saturated heterocycles. The fraction of sp³-hybridized carbons (Fsp3) is 0.300. The predicted molar refractivity (Wildman–Crippen MR) is 131 cm³/mol. The van der Waals surface area contributed by atoms with Crippen LogP contribution in [-0.2, 0) is 7.05 Å². The summed E-state index contributed by atoms with van der Waals surface area (Å²) >= 11 is 0. The Balaban J connectivity index is 1.67. The summed E-state index contributed by atoms with van der Waals surface area (Å²) in [5, 5.41) is 2.70. The molecule has 4 aromatic rings. The smallest absolute Gasteiger partial charge is 0.200 e. The minimum Gasteiger partial charge on any atom is -0.200 e. The van der Waals surface area contributed by atoms with Crippen LogP contribution in [-0.4, -0.2) is 0 Å². The van der Waals surface area contributed by atoms with Gasteiger partial charge in [-0.3, -0.25) is 0 Å². The molecular weight excluding hydrogens is 374 g/mol. The van der Waals surface area contributed by atoms with Crippen LogP contribution in [0.1, 0.15) is 54.7 Å². The molecule has 5 rings (SSSR count). The number of fused-ring (bicyclic) bond motifs is 1. The van der Waals surface area contributed by atoms with Crippen LogP contribution in [0.25, 0.3) is 33.2 Å². The number of aryl methyl sites for hydroxylation is 2. The maximum absolute atomic E-state index is 2.46. The highest BCUT2D eigenvalue weighted by molar-refractivity contribution is 5.95. The van der Waals surface area contributed by atoms with Crippen molar-refractivity contribution in [2.45, 2.75) is 51.9 Å². The third kappa shape index (κ3) is 3.78. The molecule has 1 heteroatoms. The largest absolute Gasteiger partial charge is 0.220 e. The first kappa shape index (κ1) is 20.0. The highest BCUT2D eigenvalue weighted by atomic mass is 14.9. The lowest BCUT2D eigenvalue weighted by Crippen LogP contribution is -2.30. The summed E-state index contributed by atoms with van der Waals surface area (Å²) in [5.41, 5.74) is 9.43. The van der Waals surface area contributed by atoms with Crippen molar-refractivity contribution in [2.24, 2.45) is 7.05 Å². The predicted octanol–water partition coefficient (Wildman–Crippen LogP) is 7.66. The minimum absolute atomic E-state index is 0.737. The van der Waals surface area contributed by atoms with E-state index < -0.39 is 0 Å². The first-order valence-electron chi connectivity index (χ1n) is 11.7. The molecule has 156 valence electrons. The Morgan fingerprint density at radius 1 is 0.774 bits per heavy atom. The Hall–Kier alpha value is -2.93. The molecule has 1 aliphatic rings. The monoisotopic (exact) mass is 406 g/mol. The van der Waals surface area contributed by atoms with Crippen LogP contribution in [0.2, 0.25) is 0 Å². The van der Waals surface area contributed by atoms with Crippen molar-refractivity contribution in [2.75, 3.05) is 0 Å². The van der Waals surface area contributed by atoms with Gasteiger partial charge in [-0.15, -0.1) is 0 Å². The van der Waals surface area contributed by atoms with Crippen LogP contribution in [0.15, 0.2) is 72.9 Å². The average Bonchev–Trinajstić information content (AvgIpc) is 2.82. The van der Waals surface area contributed by atoms with Crippen LogP contribution in [0.4, 0.5) is 0 Å². The fourth-order valence-corrected chi connectivity index (χ4v) is 5.32. The van der Waals surface area contributed by atoms with Crippen molar-refractivity contribution in [1.82, 2.24) is 0 Å². The standard InChI is InChI=1S/C30H32N/c1-21-18-27(24-12-8-5-9-13-24)20-29(22(21)2)30-28-15-14-25(23-10-6-4-7-11-23)19-26(28)16-17-31(30)3/h5,8-9,12-20,23H,4,6-7,10-11H2,1-3H3/q+1. The van der Waals surface area contributed by atoms with Crippen molar-refractivity contribution in [3.05, 3.63) is 89.6 Å². The molecule has 0 aliphatic heterocycles. The summed E-state index contributed by atoms with van der Waals surface area (Å²) in [4.78, 5) is 0. The molecule has 31 heavy (non-hydrogen) atoms. The molecule has 0 atom stereocenters. The quantitative estimate of drug-likeness (QED) is 0.307. The number of pyridine rings is 1. The zero-order chi connectivity index (χ0) is 21.4. The molecule has 1 fully saturated rings. The van der Waals surface area contributed by atoms with Crippen LogP contribution in [0, 0.1) is 13.8 Å². The second-order valence-corrected chi connectivity index (χ2v) is 9.29. The Labute approximate surface area is 186 Å². The molecule has 1 saturated carbocycles. The first-order valence-corrected chi connectivity index (χ1v) is 11.7. The molecule has 0 bridgehead atoms. The number of nitrogens with zero attached hydrogens (tertiary/aromatic N) is 1. The number of rotatable bonds is 3. The van der Waals surface area contributed by atoms with E-state index >= 15 is 0 Å². The van der Waals surface area contributed by atoms with Gasteiger partial charge in [0.1, 0.15) is 7.05 Å². The lowest BCUT2D eigenvalue weighted by molar-refractivity contribution is -0.659. The molecule has 0 amide bonds. The third-order valence-corrected chi connectivity index (χ3v) is 7.27. The number of hydrogen-bond acceptors (Lipinski definition) is 0. The molecule has 1 heterocycles. The molecule has 0 radical (unpaired) electrons. The SMILES string of the molecule is Cc1cc(-c2ccccc2)cc(-c2c3ccc(C4CCCCC4)cc3cc[n+]2C)c1C. The van der Waals surface area contributed by atoms with E-state index in [4.69, 9.17) is 0 Å². The maximum atomic E-state index is 2.46. The van der Waals surface area contributed by atoms with Gasteiger partial charge in [0.15, 0.2) is 6.20 Å². The summed E-state index contributed by atoms with van der Waals surface area (Å²) in [6.45, 7) is 4.49. The van der Waals surface area contributed by atoms with Gasteiger partial charge in [-0.2, -0.15) is 0 Å². The van der Waals surface area contributed by atoms with E-state index in [-0.39, 0.29) is 0 Å². The summed E-state index contributed by atoms with van der Waals surface area (Å²) in [5.74, 6) is 0.737. The van der Waals surface area contributed by atoms with Gasteiger partial charge < -0.3 is 0 Å². The van der Waals surface area contributed by atoms with Gasteiger partial charge in [0.05, 0.1) is 10.9 Å². The average molecular weight is 407 g/mol. The van der Waals surface area contributed by atoms with Crippen LogP contribution < -0.4 is 4.57 Å². The van der Waals surface area contributed by atoms with Crippen molar-refractivity contribution in [1.29, 1.82) is 0 Å². The van der Waals surface area contributed by atoms with Crippen molar-refractivity contribution >= 4 is 10.8 Å². The maximum Gasteiger partial charge on any atom is 0.220 e. The molecule has 1 aromatic heterocycles. The van der Waals surface area contributed by atoms with Crippen LogP contribution >= 0.6 is 0 Å². The van der Waals surface area contributed by atoms with Gasteiger partial charge in [0.25, 0.3) is 0 Å². The van der Waals surface area contributed by atoms with Gasteiger partial charge in [-0.25, -0.2) is 4.57 Å². The van der Waals surface area contributed by atoms with E-state index in [9.17, 15) is 0 Å². The van der Waals surface area contributed by atoms with Crippen molar-refractivity contribution in [3.8, 4) is 22.4 Å². The third-order valence-electron chi connectivity index (χ3n) is 7.27. The second-order valence-electron chi connectivity index (χ2n) is 9.29. The van der Waals surface area contributed by atoms with E-state index in [1.165, 1.54) is 82.0 Å². The van der Waals surface area contributed by atoms with E-state index in [0.717, 1.165) is 5.92 Å². The molecular formula is C30H32N+. The van der Waals surface area contributed by atoms with Crippen LogP contribution in [0.5, 0.6) is 0 Å². The lowest BCUT2D eigenvalue weighted by atomic mass is 9.83. The first-order chi connectivity index (χ1) is 15.1. The van der Waals surface area contributed by atoms with E-state index in [0.29, 0.717) is 0 Å². The number of hydrogen-bond donors (Lipinski definition) is 0. The molecule has 1 aliphatic carbocycles. The summed E-state index contributed by atoms with van der Waals surface area (Å²) in [6, 6.07) is 24.9. The van der Waals surface area contributed by atoms with Gasteiger partial charge in [-0.05, 0) is 77.9 Å². The zero-order valence-corrected chi connectivity index (χ0v) is 19.0. The van der Waals surface area contributed by atoms with Crippen molar-refractivity contribution in [3.63, 3.8) is 0 Å². The Morgan fingerprint density at radius 2 is 1.55 bits per heavy atom. The van der Waals surface area contributed by atoms with Gasteiger partial charge >= 0.3 is 0 Å². The molecule has 3 aromatic carbocycles. The normalized spacial score (nSPS) is 14.8. The topological polar surface area (TPSA) is 3.88 Å². The molecule has 0 N–H and O–H groups in total. The Kier molecular flexibility index (Phi) is 5.36. The lowest BCUT2D eigenvalue weighted by Gasteiger charge is -2.22. The summed E-state index contributed by atoms with van der Waals surface area (Å²) in [6.07, 6.45) is 9.07. The summed E-state index contributed by atoms with van der Waals surface area (Å²) in [7, 11) is 2.17. The second kappa shape index (κ2) is 8.30. The van der Waals surface area contributed by atoms with Gasteiger partial charge in [0, 0.05) is 6.07 Å². The van der Waals surface area contributed by atoms with Crippen LogP contribution in [0.3, 0.4) is 0 Å². The molecule has 1 nitrogen and oxygen atoms in total. The molecule has 0 spiro atoms. The van der Waals surface area contributed by atoms with E-state index in [1.807, 2.05) is 0 Å². The van der Waals surface area contributed by atoms with Crippen molar-refractivity contribution < 1.29 is 4.57 Å². The minimum atomic E-state index is 0.737. The van der Waals surface area contributed by atoms with Gasteiger partial charge in [-0.1, -0.05) is 67.8 Å². The highest BCUT2D eigenvalue weighted by Crippen LogP contribution is 2.37. The fourth-order valence-electron chi connectivity index (χ4n) is 5.32. The Bertz CT molecular complexity index is 1230. The zero-order valence-electron chi connectivity index (χ0n) is 19.0.